The Labute approximate surface area is 67.0 Å². The van der Waals surface area contributed by atoms with Crippen molar-refractivity contribution in [3.05, 3.63) is 29.1 Å². The first-order valence-corrected chi connectivity index (χ1v) is 4.38. The van der Waals surface area contributed by atoms with Crippen molar-refractivity contribution in [2.75, 3.05) is 0 Å². The van der Waals surface area contributed by atoms with Crippen LogP contribution in [0.15, 0.2) is 18.3 Å². The van der Waals surface area contributed by atoms with E-state index >= 15 is 0 Å². The van der Waals surface area contributed by atoms with Gasteiger partial charge in [-0.2, -0.15) is 0 Å². The molecule has 0 spiro atoms. The van der Waals surface area contributed by atoms with Crippen LogP contribution in [-0.4, -0.2) is 4.98 Å². The predicted octanol–water partition coefficient (Wildman–Crippen LogP) is 2.47. The Morgan fingerprint density at radius 2 is 2.30 bits per heavy atom. The van der Waals surface area contributed by atoms with Crippen LogP contribution in [-0.2, 0) is 0 Å². The molecule has 0 aliphatic rings. The number of hydrogen-bond donors (Lipinski definition) is 0. The lowest BCUT2D eigenvalue weighted by atomic mass is 10.5. The minimum Gasteiger partial charge on any atom is -0.243 e. The van der Waals surface area contributed by atoms with Gasteiger partial charge in [-0.1, -0.05) is 0 Å². The molecule has 0 fully saturated rings. The minimum absolute atomic E-state index is 1.03. The monoisotopic (exact) mass is 165 g/mol. The molecule has 0 N–H and O–H groups in total. The van der Waals surface area contributed by atoms with Gasteiger partial charge in [-0.3, -0.25) is 0 Å². The second-order valence-corrected chi connectivity index (χ2v) is 3.41. The van der Waals surface area contributed by atoms with E-state index in [0.29, 0.717) is 0 Å². The summed E-state index contributed by atoms with van der Waals surface area (Å²) >= 11 is 3.12. The molecule has 2 radical (unpaired) electrons. The molecule has 0 saturated heterocycles. The molecule has 48 valence electrons. The third kappa shape index (κ3) is 0.978. The normalized spacial score (nSPS) is 10.0. The maximum atomic E-state index is 4.11. The van der Waals surface area contributed by atoms with Crippen molar-refractivity contribution in [2.45, 2.75) is 0 Å². The molecular weight excluding hydrogens is 162 g/mol. The zero-order valence-corrected chi connectivity index (χ0v) is 6.63. The van der Waals surface area contributed by atoms with E-state index in [4.69, 9.17) is 0 Å². The number of hydrogen-bond acceptors (Lipinski definition) is 3. The fraction of sp³-hybridized carbons (Fsp3) is 0. The van der Waals surface area contributed by atoms with Gasteiger partial charge in [-0.05, 0) is 12.1 Å². The lowest BCUT2D eigenvalue weighted by molar-refractivity contribution is 1.43. The lowest BCUT2D eigenvalue weighted by Gasteiger charge is -1.83. The first-order valence-electron chi connectivity index (χ1n) is 2.75. The average molecular weight is 165 g/mol. The van der Waals surface area contributed by atoms with Crippen molar-refractivity contribution in [1.29, 1.82) is 0 Å². The van der Waals surface area contributed by atoms with E-state index < -0.39 is 0 Å². The van der Waals surface area contributed by atoms with E-state index in [1.54, 1.807) is 17.5 Å². The number of thiazole rings is 1. The van der Waals surface area contributed by atoms with Crippen LogP contribution in [0.2, 0.25) is 0 Å². The van der Waals surface area contributed by atoms with Gasteiger partial charge in [0.05, 0.1) is 10.3 Å². The van der Waals surface area contributed by atoms with Crippen molar-refractivity contribution < 1.29 is 0 Å². The summed E-state index contributed by atoms with van der Waals surface area (Å²) in [5.74, 6) is 0. The maximum absolute atomic E-state index is 4.11. The number of thiophene rings is 1. The topological polar surface area (TPSA) is 12.9 Å². The predicted molar refractivity (Wildman–Crippen MR) is 43.1 cm³/mol. The highest BCUT2D eigenvalue weighted by Gasteiger charge is 1.98. The van der Waals surface area contributed by atoms with E-state index in [9.17, 15) is 0 Å². The molecule has 10 heavy (non-hydrogen) atoms. The number of rotatable bonds is 1. The van der Waals surface area contributed by atoms with Gasteiger partial charge in [0.2, 0.25) is 0 Å². The van der Waals surface area contributed by atoms with Gasteiger partial charge < -0.3 is 0 Å². The summed E-state index contributed by atoms with van der Waals surface area (Å²) in [7, 11) is 0. The number of aromatic nitrogens is 1. The maximum Gasteiger partial charge on any atom is 0.133 e. The molecule has 0 bridgehead atoms. The zero-order chi connectivity index (χ0) is 6.81. The molecule has 2 rings (SSSR count). The first kappa shape index (κ1) is 6.07. The number of nitrogens with zero attached hydrogens (tertiary/aromatic N) is 1. The Bertz CT molecular complexity index is 251. The van der Waals surface area contributed by atoms with Gasteiger partial charge in [-0.15, -0.1) is 22.7 Å². The van der Waals surface area contributed by atoms with E-state index in [0.717, 1.165) is 5.01 Å². The van der Waals surface area contributed by atoms with Crippen LogP contribution >= 0.6 is 22.7 Å². The van der Waals surface area contributed by atoms with Crippen LogP contribution in [0.4, 0.5) is 0 Å². The zero-order valence-electron chi connectivity index (χ0n) is 5.00. The first-order chi connectivity index (χ1) is 4.97. The Morgan fingerprint density at radius 1 is 1.30 bits per heavy atom. The molecule has 0 aliphatic carbocycles. The molecule has 0 unspecified atom stereocenters. The van der Waals surface area contributed by atoms with Gasteiger partial charge in [0.25, 0.3) is 0 Å². The van der Waals surface area contributed by atoms with Gasteiger partial charge in [-0.25, -0.2) is 4.98 Å². The Balaban J connectivity index is 2.48. The fourth-order valence-electron chi connectivity index (χ4n) is 0.664. The minimum atomic E-state index is 1.03. The van der Waals surface area contributed by atoms with Crippen molar-refractivity contribution >= 4 is 22.7 Å². The van der Waals surface area contributed by atoms with Gasteiger partial charge in [0.15, 0.2) is 0 Å². The van der Waals surface area contributed by atoms with E-state index in [1.165, 1.54) is 16.2 Å². The van der Waals surface area contributed by atoms with Crippen molar-refractivity contribution in [1.82, 2.24) is 4.98 Å². The molecule has 0 aliphatic heterocycles. The summed E-state index contributed by atoms with van der Waals surface area (Å²) in [6.07, 6.45) is 1.69. The third-order valence-electron chi connectivity index (χ3n) is 1.07. The molecule has 2 heterocycles. The van der Waals surface area contributed by atoms with Crippen LogP contribution in [0.5, 0.6) is 0 Å². The second kappa shape index (κ2) is 2.52. The molecule has 0 atom stereocenters. The quantitative estimate of drug-likeness (QED) is 0.632. The Hall–Kier alpha value is -0.670. The molecule has 2 aromatic heterocycles. The second-order valence-electron chi connectivity index (χ2n) is 1.70. The van der Waals surface area contributed by atoms with E-state index in [1.807, 2.05) is 12.1 Å². The van der Waals surface area contributed by atoms with Crippen molar-refractivity contribution in [3.63, 3.8) is 0 Å². The summed E-state index contributed by atoms with van der Waals surface area (Å²) in [4.78, 5) is 5.28. The van der Waals surface area contributed by atoms with E-state index in [2.05, 4.69) is 15.7 Å². The summed E-state index contributed by atoms with van der Waals surface area (Å²) in [6.45, 7) is 0. The molecule has 0 amide bonds. The summed E-state index contributed by atoms with van der Waals surface area (Å²) < 4.78 is 0. The van der Waals surface area contributed by atoms with Crippen molar-refractivity contribution in [2.24, 2.45) is 0 Å². The molecule has 3 heteroatoms. The van der Waals surface area contributed by atoms with Crippen LogP contribution in [0, 0.1) is 10.8 Å². The third-order valence-corrected chi connectivity index (χ3v) is 2.75. The molecule has 1 nitrogen and oxygen atoms in total. The highest BCUT2D eigenvalue weighted by atomic mass is 32.1. The van der Waals surface area contributed by atoms with Crippen LogP contribution < -0.4 is 0 Å². The SMILES string of the molecule is [c]1ccc(-c2nc[c]s2)s1. The van der Waals surface area contributed by atoms with Gasteiger partial charge >= 0.3 is 0 Å². The van der Waals surface area contributed by atoms with Crippen LogP contribution in [0.25, 0.3) is 9.88 Å². The van der Waals surface area contributed by atoms with Crippen molar-refractivity contribution in [3.8, 4) is 9.88 Å². The smallest absolute Gasteiger partial charge is 0.133 e. The summed E-state index contributed by atoms with van der Waals surface area (Å²) in [5, 5.41) is 6.99. The summed E-state index contributed by atoms with van der Waals surface area (Å²) in [5.41, 5.74) is 0. The standard InChI is InChI=1S/C7H3NS2/c1-2-6(9-4-1)7-8-3-5-10-7/h1-3H. The van der Waals surface area contributed by atoms with Crippen LogP contribution in [0.1, 0.15) is 0 Å². The summed E-state index contributed by atoms with van der Waals surface area (Å²) in [6, 6.07) is 3.92. The molecule has 2 aromatic rings. The lowest BCUT2D eigenvalue weighted by Crippen LogP contribution is -1.63. The van der Waals surface area contributed by atoms with E-state index in [-0.39, 0.29) is 0 Å². The average Bonchev–Trinajstić information content (AvgIpc) is 2.59. The Morgan fingerprint density at radius 3 is 2.90 bits per heavy atom. The fourth-order valence-corrected chi connectivity index (χ4v) is 1.94. The largest absolute Gasteiger partial charge is 0.243 e. The van der Waals surface area contributed by atoms with Gasteiger partial charge in [0, 0.05) is 11.6 Å². The molecular formula is C7H3NS2. The highest BCUT2D eigenvalue weighted by Crippen LogP contribution is 2.24. The Kier molecular flexibility index (Phi) is 1.53. The molecule has 0 saturated carbocycles. The highest BCUT2D eigenvalue weighted by molar-refractivity contribution is 7.19. The molecule has 0 aromatic carbocycles. The van der Waals surface area contributed by atoms with Gasteiger partial charge in [0.1, 0.15) is 5.01 Å². The van der Waals surface area contributed by atoms with Crippen LogP contribution in [0.3, 0.4) is 0 Å².